The van der Waals surface area contributed by atoms with Gasteiger partial charge < -0.3 is 5.11 Å². The molecule has 0 atom stereocenters. The SMILES string of the molecule is O=C(Nc1nc(-c2ccccc2)cs1)c1ccc(S(=O)(=O)Nc2cccc(CCO)c2)cc1. The predicted octanol–water partition coefficient (Wildman–Crippen LogP) is 4.40. The minimum Gasteiger partial charge on any atom is -0.396 e. The normalized spacial score (nSPS) is 11.2. The highest BCUT2D eigenvalue weighted by Crippen LogP contribution is 2.25. The molecule has 9 heteroatoms. The van der Waals surface area contributed by atoms with Gasteiger partial charge in [-0.1, -0.05) is 42.5 Å². The first kappa shape index (κ1) is 22.7. The molecule has 4 rings (SSSR count). The van der Waals surface area contributed by atoms with Gasteiger partial charge in [0.05, 0.1) is 10.6 Å². The van der Waals surface area contributed by atoms with E-state index in [1.165, 1.54) is 35.6 Å². The molecule has 0 radical (unpaired) electrons. The number of aromatic nitrogens is 1. The van der Waals surface area contributed by atoms with Crippen molar-refractivity contribution >= 4 is 38.1 Å². The Balaban J connectivity index is 1.44. The molecule has 0 unspecified atom stereocenters. The molecular weight excluding hydrogens is 458 g/mol. The Morgan fingerprint density at radius 1 is 0.970 bits per heavy atom. The average Bonchev–Trinajstić information content (AvgIpc) is 3.28. The predicted molar refractivity (Wildman–Crippen MR) is 130 cm³/mol. The first-order chi connectivity index (χ1) is 15.9. The molecule has 33 heavy (non-hydrogen) atoms. The molecule has 1 amide bonds. The smallest absolute Gasteiger partial charge is 0.261 e. The summed E-state index contributed by atoms with van der Waals surface area (Å²) >= 11 is 1.32. The van der Waals surface area contributed by atoms with Gasteiger partial charge in [0, 0.05) is 28.8 Å². The highest BCUT2D eigenvalue weighted by Gasteiger charge is 2.16. The lowest BCUT2D eigenvalue weighted by Gasteiger charge is -2.10. The van der Waals surface area contributed by atoms with Crippen LogP contribution < -0.4 is 10.0 Å². The van der Waals surface area contributed by atoms with Gasteiger partial charge in [-0.05, 0) is 48.4 Å². The van der Waals surface area contributed by atoms with E-state index in [-0.39, 0.29) is 17.4 Å². The maximum absolute atomic E-state index is 12.7. The topological polar surface area (TPSA) is 108 Å². The molecular formula is C24H21N3O4S2. The number of carbonyl (C=O) groups is 1. The number of sulfonamides is 1. The number of carbonyl (C=O) groups excluding carboxylic acids is 1. The summed E-state index contributed by atoms with van der Waals surface area (Å²) in [6.07, 6.45) is 0.436. The zero-order valence-electron chi connectivity index (χ0n) is 17.4. The van der Waals surface area contributed by atoms with Crippen molar-refractivity contribution in [2.45, 2.75) is 11.3 Å². The van der Waals surface area contributed by atoms with E-state index in [0.29, 0.717) is 22.8 Å². The number of amides is 1. The van der Waals surface area contributed by atoms with Crippen LogP contribution in [-0.2, 0) is 16.4 Å². The third-order valence-corrected chi connectivity index (χ3v) is 6.96. The number of rotatable bonds is 8. The van der Waals surface area contributed by atoms with Crippen LogP contribution in [0, 0.1) is 0 Å². The molecule has 0 aliphatic heterocycles. The fourth-order valence-corrected chi connectivity index (χ4v) is 4.93. The van der Waals surface area contributed by atoms with Crippen LogP contribution in [0.25, 0.3) is 11.3 Å². The second-order valence-electron chi connectivity index (χ2n) is 7.16. The zero-order valence-corrected chi connectivity index (χ0v) is 19.1. The summed E-state index contributed by atoms with van der Waals surface area (Å²) in [4.78, 5) is 17.1. The monoisotopic (exact) mass is 479 g/mol. The largest absolute Gasteiger partial charge is 0.396 e. The second kappa shape index (κ2) is 9.95. The lowest BCUT2D eigenvalue weighted by molar-refractivity contribution is 0.102. The van der Waals surface area contributed by atoms with Crippen molar-refractivity contribution in [1.82, 2.24) is 4.98 Å². The van der Waals surface area contributed by atoms with Gasteiger partial charge >= 0.3 is 0 Å². The molecule has 0 bridgehead atoms. The van der Waals surface area contributed by atoms with Gasteiger partial charge in [-0.15, -0.1) is 11.3 Å². The van der Waals surface area contributed by atoms with Crippen molar-refractivity contribution in [3.8, 4) is 11.3 Å². The summed E-state index contributed by atoms with van der Waals surface area (Å²) in [5.74, 6) is -0.377. The van der Waals surface area contributed by atoms with E-state index in [9.17, 15) is 13.2 Å². The Morgan fingerprint density at radius 2 is 1.73 bits per heavy atom. The average molecular weight is 480 g/mol. The molecule has 1 heterocycles. The summed E-state index contributed by atoms with van der Waals surface area (Å²) in [6.45, 7) is -0.0196. The molecule has 0 aliphatic rings. The fraction of sp³-hybridized carbons (Fsp3) is 0.0833. The van der Waals surface area contributed by atoms with Crippen LogP contribution >= 0.6 is 11.3 Å². The fourth-order valence-electron chi connectivity index (χ4n) is 3.16. The number of nitrogens with zero attached hydrogens (tertiary/aromatic N) is 1. The van der Waals surface area contributed by atoms with Crippen LogP contribution in [0.5, 0.6) is 0 Å². The molecule has 168 valence electrons. The number of hydrogen-bond donors (Lipinski definition) is 3. The van der Waals surface area contributed by atoms with E-state index < -0.39 is 10.0 Å². The summed E-state index contributed by atoms with van der Waals surface area (Å²) in [5.41, 5.74) is 3.27. The third kappa shape index (κ3) is 5.64. The summed E-state index contributed by atoms with van der Waals surface area (Å²) < 4.78 is 27.9. The van der Waals surface area contributed by atoms with Gasteiger partial charge in [0.15, 0.2) is 5.13 Å². The van der Waals surface area contributed by atoms with Crippen LogP contribution in [-0.4, -0.2) is 31.0 Å². The molecule has 0 saturated carbocycles. The maximum atomic E-state index is 12.7. The van der Waals surface area contributed by atoms with E-state index in [2.05, 4.69) is 15.0 Å². The number of nitrogens with one attached hydrogen (secondary N) is 2. The van der Waals surface area contributed by atoms with E-state index in [4.69, 9.17) is 5.11 Å². The minimum absolute atomic E-state index is 0.0196. The van der Waals surface area contributed by atoms with Crippen LogP contribution in [0.2, 0.25) is 0 Å². The quantitative estimate of drug-likeness (QED) is 0.347. The molecule has 0 spiro atoms. The second-order valence-corrected chi connectivity index (χ2v) is 9.70. The Labute approximate surface area is 195 Å². The van der Waals surface area contributed by atoms with E-state index >= 15 is 0 Å². The van der Waals surface area contributed by atoms with Crippen molar-refractivity contribution in [2.24, 2.45) is 0 Å². The lowest BCUT2D eigenvalue weighted by Crippen LogP contribution is -2.15. The summed E-state index contributed by atoms with van der Waals surface area (Å²) in [6, 6.07) is 22.2. The number of aliphatic hydroxyl groups is 1. The minimum atomic E-state index is -3.83. The Hall–Kier alpha value is -3.53. The van der Waals surface area contributed by atoms with Crippen LogP contribution in [0.4, 0.5) is 10.8 Å². The van der Waals surface area contributed by atoms with E-state index in [0.717, 1.165) is 16.8 Å². The maximum Gasteiger partial charge on any atom is 0.261 e. The van der Waals surface area contributed by atoms with Crippen molar-refractivity contribution in [2.75, 3.05) is 16.6 Å². The number of benzene rings is 3. The molecule has 1 aromatic heterocycles. The highest BCUT2D eigenvalue weighted by atomic mass is 32.2. The van der Waals surface area contributed by atoms with Crippen molar-refractivity contribution in [3.05, 3.63) is 95.4 Å². The number of thiazole rings is 1. The Bertz CT molecular complexity index is 1350. The molecule has 4 aromatic rings. The molecule has 3 N–H and O–H groups in total. The Kier molecular flexibility index (Phi) is 6.83. The number of anilines is 2. The molecule has 0 fully saturated rings. The first-order valence-electron chi connectivity index (χ1n) is 10.1. The van der Waals surface area contributed by atoms with E-state index in [1.54, 1.807) is 18.2 Å². The summed E-state index contributed by atoms with van der Waals surface area (Å²) in [7, 11) is -3.83. The van der Waals surface area contributed by atoms with Crippen LogP contribution in [0.1, 0.15) is 15.9 Å². The lowest BCUT2D eigenvalue weighted by atomic mass is 10.1. The van der Waals surface area contributed by atoms with Gasteiger partial charge in [-0.3, -0.25) is 14.8 Å². The molecule has 0 aliphatic carbocycles. The third-order valence-electron chi connectivity index (χ3n) is 4.80. The standard InChI is InChI=1S/C24H21N3O4S2/c28-14-13-17-5-4-8-20(15-17)27-33(30,31)21-11-9-19(10-12-21)23(29)26-24-25-22(16-32-24)18-6-2-1-3-7-18/h1-12,15-16,27-28H,13-14H2,(H,25,26,29). The highest BCUT2D eigenvalue weighted by molar-refractivity contribution is 7.92. The first-order valence-corrected chi connectivity index (χ1v) is 12.5. The van der Waals surface area contributed by atoms with Gasteiger partial charge in [0.25, 0.3) is 15.9 Å². The van der Waals surface area contributed by atoms with Gasteiger partial charge in [-0.25, -0.2) is 13.4 Å². The Morgan fingerprint density at radius 3 is 2.45 bits per heavy atom. The number of aliphatic hydroxyl groups excluding tert-OH is 1. The van der Waals surface area contributed by atoms with Gasteiger partial charge in [0.2, 0.25) is 0 Å². The van der Waals surface area contributed by atoms with E-state index in [1.807, 2.05) is 41.8 Å². The van der Waals surface area contributed by atoms with Crippen molar-refractivity contribution < 1.29 is 18.3 Å². The molecule has 0 saturated heterocycles. The zero-order chi connectivity index (χ0) is 23.3. The summed E-state index contributed by atoms with van der Waals surface area (Å²) in [5, 5.41) is 14.1. The number of hydrogen-bond acceptors (Lipinski definition) is 6. The van der Waals surface area contributed by atoms with Gasteiger partial charge in [-0.2, -0.15) is 0 Å². The molecule has 7 nitrogen and oxygen atoms in total. The molecule has 3 aromatic carbocycles. The van der Waals surface area contributed by atoms with Crippen LogP contribution in [0.15, 0.2) is 89.1 Å². The van der Waals surface area contributed by atoms with Crippen molar-refractivity contribution in [1.29, 1.82) is 0 Å². The van der Waals surface area contributed by atoms with Gasteiger partial charge in [0.1, 0.15) is 0 Å². The van der Waals surface area contributed by atoms with Crippen molar-refractivity contribution in [3.63, 3.8) is 0 Å². The van der Waals surface area contributed by atoms with Crippen LogP contribution in [0.3, 0.4) is 0 Å².